The van der Waals surface area contributed by atoms with Crippen molar-refractivity contribution in [2.75, 3.05) is 24.0 Å². The Morgan fingerprint density at radius 3 is 2.53 bits per heavy atom. The van der Waals surface area contributed by atoms with E-state index in [1.165, 1.54) is 7.11 Å². The van der Waals surface area contributed by atoms with Crippen LogP contribution in [0.15, 0.2) is 66.7 Å². The molecule has 2 N–H and O–H groups in total. The van der Waals surface area contributed by atoms with E-state index in [-0.39, 0.29) is 24.8 Å². The maximum Gasteiger partial charge on any atom is 0.243 e. The van der Waals surface area contributed by atoms with Crippen molar-refractivity contribution < 1.29 is 19.1 Å². The number of hydrogen-bond acceptors (Lipinski definition) is 5. The van der Waals surface area contributed by atoms with E-state index in [1.807, 2.05) is 30.3 Å². The Labute approximate surface area is 207 Å². The van der Waals surface area contributed by atoms with Crippen molar-refractivity contribution in [3.8, 4) is 11.5 Å². The van der Waals surface area contributed by atoms with Gasteiger partial charge in [-0.25, -0.2) is 0 Å². The number of ether oxygens (including phenoxy) is 2. The summed E-state index contributed by atoms with van der Waals surface area (Å²) < 4.78 is 11.3. The molecule has 1 atom stereocenters. The molecule has 0 aliphatic carbocycles. The minimum atomic E-state index is -0.499. The monoisotopic (exact) mass is 499 g/mol. The molecule has 7 nitrogen and oxygen atoms in total. The van der Waals surface area contributed by atoms with Crippen molar-refractivity contribution in [3.63, 3.8) is 0 Å². The highest BCUT2D eigenvalue weighted by atomic mass is 35.5. The lowest BCUT2D eigenvalue weighted by Crippen LogP contribution is -2.36. The highest BCUT2D eigenvalue weighted by Gasteiger charge is 2.35. The largest absolute Gasteiger partial charge is 0.493 e. The van der Waals surface area contributed by atoms with Crippen molar-refractivity contribution in [3.05, 3.63) is 82.3 Å². The van der Waals surface area contributed by atoms with Crippen LogP contribution in [-0.4, -0.2) is 25.5 Å². The van der Waals surface area contributed by atoms with Gasteiger partial charge in [0.25, 0.3) is 0 Å². The van der Waals surface area contributed by atoms with Crippen LogP contribution in [-0.2, 0) is 16.2 Å². The maximum atomic E-state index is 12.7. The third kappa shape index (κ3) is 5.55. The van der Waals surface area contributed by atoms with Crippen LogP contribution in [0.4, 0.5) is 11.4 Å². The van der Waals surface area contributed by atoms with Crippen LogP contribution in [0, 0.1) is 5.92 Å². The Hall–Kier alpha value is -3.42. The molecule has 1 heterocycles. The van der Waals surface area contributed by atoms with Crippen molar-refractivity contribution in [2.24, 2.45) is 5.92 Å². The lowest BCUT2D eigenvalue weighted by Gasteiger charge is -2.18. The van der Waals surface area contributed by atoms with Crippen LogP contribution in [0.5, 0.6) is 11.5 Å². The molecule has 9 heteroatoms. The standard InChI is InChI=1S/C25H23Cl2N3O4/c1-33-22-13-19(12-21(27)24(22)34-15-16-5-3-2-4-6-16)28-29-25(32)17-11-23(31)30(14-17)20-9-7-18(26)8-10-20/h2-10,12-13,17,28H,11,14-15H2,1H3,(H,29,32)/t17-/m1/s1. The average Bonchev–Trinajstić information content (AvgIpc) is 3.24. The van der Waals surface area contributed by atoms with Crippen LogP contribution >= 0.6 is 23.2 Å². The summed E-state index contributed by atoms with van der Waals surface area (Å²) in [5.41, 5.74) is 7.72. The second-order valence-corrected chi connectivity index (χ2v) is 8.60. The summed E-state index contributed by atoms with van der Waals surface area (Å²) >= 11 is 12.3. The highest BCUT2D eigenvalue weighted by molar-refractivity contribution is 6.32. The lowest BCUT2D eigenvalue weighted by molar-refractivity contribution is -0.125. The molecule has 1 saturated heterocycles. The molecule has 0 aromatic heterocycles. The number of methoxy groups -OCH3 is 1. The Balaban J connectivity index is 1.37. The van der Waals surface area contributed by atoms with Gasteiger partial charge in [0, 0.05) is 29.7 Å². The van der Waals surface area contributed by atoms with Gasteiger partial charge in [-0.3, -0.25) is 20.4 Å². The first-order valence-corrected chi connectivity index (χ1v) is 11.4. The molecule has 2 amide bonds. The molecule has 0 bridgehead atoms. The third-order valence-corrected chi connectivity index (χ3v) is 5.95. The number of halogens is 2. The third-order valence-electron chi connectivity index (χ3n) is 5.42. The molecule has 0 radical (unpaired) electrons. The Kier molecular flexibility index (Phi) is 7.45. The molecule has 176 valence electrons. The molecular formula is C25H23Cl2N3O4. The summed E-state index contributed by atoms with van der Waals surface area (Å²) in [6.07, 6.45) is 0.118. The summed E-state index contributed by atoms with van der Waals surface area (Å²) in [7, 11) is 1.51. The minimum absolute atomic E-state index is 0.118. The summed E-state index contributed by atoms with van der Waals surface area (Å²) in [5.74, 6) is -0.0898. The topological polar surface area (TPSA) is 79.9 Å². The molecule has 0 saturated carbocycles. The number of hydrogen-bond donors (Lipinski definition) is 2. The van der Waals surface area contributed by atoms with E-state index in [0.29, 0.717) is 39.5 Å². The number of anilines is 2. The predicted octanol–water partition coefficient (Wildman–Crippen LogP) is 5.08. The van der Waals surface area contributed by atoms with E-state index in [1.54, 1.807) is 41.3 Å². The summed E-state index contributed by atoms with van der Waals surface area (Å²) in [4.78, 5) is 26.7. The number of carbonyl (C=O) groups excluding carboxylic acids is 2. The van der Waals surface area contributed by atoms with Gasteiger partial charge in [0.1, 0.15) is 6.61 Å². The van der Waals surface area contributed by atoms with E-state index in [9.17, 15) is 9.59 Å². The van der Waals surface area contributed by atoms with Crippen molar-refractivity contribution in [1.29, 1.82) is 0 Å². The summed E-state index contributed by atoms with van der Waals surface area (Å²) in [6.45, 7) is 0.616. The van der Waals surface area contributed by atoms with E-state index >= 15 is 0 Å². The number of amides is 2. The maximum absolute atomic E-state index is 12.7. The zero-order chi connectivity index (χ0) is 24.1. The van der Waals surface area contributed by atoms with E-state index in [0.717, 1.165) is 5.56 Å². The molecular weight excluding hydrogens is 477 g/mol. The molecule has 1 aliphatic rings. The zero-order valence-corrected chi connectivity index (χ0v) is 19.9. The van der Waals surface area contributed by atoms with Crippen LogP contribution in [0.1, 0.15) is 12.0 Å². The molecule has 1 aliphatic heterocycles. The zero-order valence-electron chi connectivity index (χ0n) is 18.4. The van der Waals surface area contributed by atoms with Crippen molar-refractivity contribution in [1.82, 2.24) is 5.43 Å². The fourth-order valence-corrected chi connectivity index (χ4v) is 4.04. The second kappa shape index (κ2) is 10.7. The smallest absolute Gasteiger partial charge is 0.243 e. The molecule has 0 unspecified atom stereocenters. The van der Waals surface area contributed by atoms with Gasteiger partial charge in [0.05, 0.1) is 23.7 Å². The van der Waals surface area contributed by atoms with E-state index in [2.05, 4.69) is 10.9 Å². The number of nitrogens with one attached hydrogen (secondary N) is 2. The quantitative estimate of drug-likeness (QED) is 0.422. The highest BCUT2D eigenvalue weighted by Crippen LogP contribution is 2.38. The number of hydrazine groups is 1. The first-order valence-electron chi connectivity index (χ1n) is 10.6. The van der Waals surface area contributed by atoms with Gasteiger partial charge in [-0.15, -0.1) is 0 Å². The normalized spacial score (nSPS) is 15.2. The van der Waals surface area contributed by atoms with E-state index in [4.69, 9.17) is 32.7 Å². The van der Waals surface area contributed by atoms with Crippen LogP contribution in [0.2, 0.25) is 10.0 Å². The van der Waals surface area contributed by atoms with Crippen LogP contribution in [0.3, 0.4) is 0 Å². The fraction of sp³-hybridized carbons (Fsp3) is 0.200. The Morgan fingerprint density at radius 1 is 1.09 bits per heavy atom. The van der Waals surface area contributed by atoms with Gasteiger partial charge in [0.2, 0.25) is 11.8 Å². The average molecular weight is 500 g/mol. The molecule has 34 heavy (non-hydrogen) atoms. The molecule has 0 spiro atoms. The number of rotatable bonds is 8. The molecule has 3 aromatic rings. The van der Waals surface area contributed by atoms with Gasteiger partial charge in [-0.05, 0) is 35.9 Å². The molecule has 4 rings (SSSR count). The number of benzene rings is 3. The van der Waals surface area contributed by atoms with Crippen LogP contribution < -0.4 is 25.2 Å². The Bertz CT molecular complexity index is 1170. The fourth-order valence-electron chi connectivity index (χ4n) is 3.65. The van der Waals surface area contributed by atoms with Crippen molar-refractivity contribution in [2.45, 2.75) is 13.0 Å². The Morgan fingerprint density at radius 2 is 1.82 bits per heavy atom. The van der Waals surface area contributed by atoms with Gasteiger partial charge in [0.15, 0.2) is 11.5 Å². The lowest BCUT2D eigenvalue weighted by atomic mass is 10.1. The van der Waals surface area contributed by atoms with Crippen LogP contribution in [0.25, 0.3) is 0 Å². The molecule has 3 aromatic carbocycles. The first kappa shape index (κ1) is 23.7. The van der Waals surface area contributed by atoms with E-state index < -0.39 is 5.92 Å². The molecule has 1 fully saturated rings. The first-order chi connectivity index (χ1) is 16.4. The summed E-state index contributed by atoms with van der Waals surface area (Å²) in [6, 6.07) is 19.9. The minimum Gasteiger partial charge on any atom is -0.493 e. The van der Waals surface area contributed by atoms with Gasteiger partial charge >= 0.3 is 0 Å². The number of nitrogens with zero attached hydrogens (tertiary/aromatic N) is 1. The van der Waals surface area contributed by atoms with Gasteiger partial charge in [-0.1, -0.05) is 53.5 Å². The van der Waals surface area contributed by atoms with Gasteiger partial charge < -0.3 is 14.4 Å². The summed E-state index contributed by atoms with van der Waals surface area (Å²) in [5, 5.41) is 0.913. The van der Waals surface area contributed by atoms with Crippen molar-refractivity contribution >= 4 is 46.4 Å². The van der Waals surface area contributed by atoms with Gasteiger partial charge in [-0.2, -0.15) is 0 Å². The SMILES string of the molecule is COc1cc(NNC(=O)[C@@H]2CC(=O)N(c3ccc(Cl)cc3)C2)cc(Cl)c1OCc1ccccc1. The predicted molar refractivity (Wildman–Crippen MR) is 132 cm³/mol. The second-order valence-electron chi connectivity index (χ2n) is 7.76. The number of carbonyl (C=O) groups is 2.